The molecule has 2 atom stereocenters. The third kappa shape index (κ3) is 2.56. The maximum atomic E-state index is 9.17. The zero-order chi connectivity index (χ0) is 9.80. The van der Waals surface area contributed by atoms with Gasteiger partial charge < -0.3 is 9.84 Å². The summed E-state index contributed by atoms with van der Waals surface area (Å²) in [6.07, 6.45) is 3.58. The summed E-state index contributed by atoms with van der Waals surface area (Å²) in [5.74, 6) is 0. The molecule has 0 aromatic heterocycles. The van der Waals surface area contributed by atoms with Crippen LogP contribution >= 0.6 is 0 Å². The Labute approximate surface area is 84.5 Å². The molecule has 2 nitrogen and oxygen atoms in total. The lowest BCUT2D eigenvalue weighted by Crippen LogP contribution is -2.10. The monoisotopic (exact) mass is 192 g/mol. The molecule has 2 rings (SSSR count). The highest BCUT2D eigenvalue weighted by atomic mass is 16.6. The smallest absolute Gasteiger partial charge is 0.154 e. The van der Waals surface area contributed by atoms with Crippen molar-refractivity contribution in [3.8, 4) is 0 Å². The summed E-state index contributed by atoms with van der Waals surface area (Å²) in [6.45, 7) is 0. The molecule has 1 N–H and O–H groups in total. The first-order valence-electron chi connectivity index (χ1n) is 5.22. The van der Waals surface area contributed by atoms with Crippen LogP contribution in [0.3, 0.4) is 0 Å². The Kier molecular flexibility index (Phi) is 3.17. The zero-order valence-corrected chi connectivity index (χ0v) is 8.23. The molecule has 14 heavy (non-hydrogen) atoms. The lowest BCUT2D eigenvalue weighted by molar-refractivity contribution is -0.0914. The average molecular weight is 192 g/mol. The lowest BCUT2D eigenvalue weighted by atomic mass is 10.1. The van der Waals surface area contributed by atoms with E-state index >= 15 is 0 Å². The molecule has 0 bridgehead atoms. The second-order valence-corrected chi connectivity index (χ2v) is 3.81. The standard InChI is InChI=1S/C12H16O2/c13-12-9-8-11(14-12)7-6-10-4-2-1-3-5-10/h1-5,11-13H,6-9H2/t11-,12+/m1/s1. The van der Waals surface area contributed by atoms with E-state index in [1.54, 1.807) is 0 Å². The summed E-state index contributed by atoms with van der Waals surface area (Å²) in [4.78, 5) is 0. The third-order valence-electron chi connectivity index (χ3n) is 2.68. The van der Waals surface area contributed by atoms with Crippen molar-refractivity contribution in [2.45, 2.75) is 38.1 Å². The van der Waals surface area contributed by atoms with E-state index in [9.17, 15) is 5.11 Å². The van der Waals surface area contributed by atoms with Crippen LogP contribution in [0.5, 0.6) is 0 Å². The van der Waals surface area contributed by atoms with Crippen molar-refractivity contribution in [1.29, 1.82) is 0 Å². The van der Waals surface area contributed by atoms with Crippen molar-refractivity contribution >= 4 is 0 Å². The third-order valence-corrected chi connectivity index (χ3v) is 2.68. The van der Waals surface area contributed by atoms with Crippen molar-refractivity contribution in [1.82, 2.24) is 0 Å². The number of hydrogen-bond donors (Lipinski definition) is 1. The van der Waals surface area contributed by atoms with E-state index in [0.717, 1.165) is 25.7 Å². The fourth-order valence-electron chi connectivity index (χ4n) is 1.87. The van der Waals surface area contributed by atoms with E-state index in [1.807, 2.05) is 6.07 Å². The molecule has 1 aliphatic rings. The molecule has 0 radical (unpaired) electrons. The molecule has 1 aromatic carbocycles. The van der Waals surface area contributed by atoms with E-state index in [-0.39, 0.29) is 6.10 Å². The van der Waals surface area contributed by atoms with Crippen LogP contribution < -0.4 is 0 Å². The topological polar surface area (TPSA) is 29.5 Å². The molecular weight excluding hydrogens is 176 g/mol. The number of rotatable bonds is 3. The van der Waals surface area contributed by atoms with Crippen LogP contribution in [-0.4, -0.2) is 17.5 Å². The first-order chi connectivity index (χ1) is 6.84. The van der Waals surface area contributed by atoms with Gasteiger partial charge in [-0.3, -0.25) is 0 Å². The zero-order valence-electron chi connectivity index (χ0n) is 8.23. The summed E-state index contributed by atoms with van der Waals surface area (Å²) in [6, 6.07) is 10.4. The van der Waals surface area contributed by atoms with Crippen molar-refractivity contribution in [3.05, 3.63) is 35.9 Å². The Hall–Kier alpha value is -0.860. The quantitative estimate of drug-likeness (QED) is 0.794. The fourth-order valence-corrected chi connectivity index (χ4v) is 1.87. The molecule has 1 aliphatic heterocycles. The second-order valence-electron chi connectivity index (χ2n) is 3.81. The largest absolute Gasteiger partial charge is 0.368 e. The molecule has 2 heteroatoms. The Morgan fingerprint density at radius 3 is 2.64 bits per heavy atom. The van der Waals surface area contributed by atoms with Gasteiger partial charge in [0.1, 0.15) is 0 Å². The van der Waals surface area contributed by atoms with E-state index in [2.05, 4.69) is 24.3 Å². The molecule has 1 aromatic rings. The van der Waals surface area contributed by atoms with E-state index < -0.39 is 6.29 Å². The first kappa shape index (κ1) is 9.69. The Morgan fingerprint density at radius 2 is 2.00 bits per heavy atom. The number of ether oxygens (including phenoxy) is 1. The highest BCUT2D eigenvalue weighted by Crippen LogP contribution is 2.21. The van der Waals surface area contributed by atoms with Crippen LogP contribution in [0.15, 0.2) is 30.3 Å². The SMILES string of the molecule is O[C@@H]1CC[C@@H](CCc2ccccc2)O1. The maximum Gasteiger partial charge on any atom is 0.154 e. The van der Waals surface area contributed by atoms with Crippen molar-refractivity contribution in [2.75, 3.05) is 0 Å². The van der Waals surface area contributed by atoms with Crippen molar-refractivity contribution in [3.63, 3.8) is 0 Å². The van der Waals surface area contributed by atoms with E-state index in [0.29, 0.717) is 0 Å². The van der Waals surface area contributed by atoms with Gasteiger partial charge in [0.05, 0.1) is 6.10 Å². The molecule has 76 valence electrons. The van der Waals surface area contributed by atoms with Gasteiger partial charge in [-0.05, 0) is 24.8 Å². The summed E-state index contributed by atoms with van der Waals surface area (Å²) in [5.41, 5.74) is 1.34. The maximum absolute atomic E-state index is 9.17. The lowest BCUT2D eigenvalue weighted by Gasteiger charge is -2.09. The van der Waals surface area contributed by atoms with Gasteiger partial charge >= 0.3 is 0 Å². The van der Waals surface area contributed by atoms with Crippen LogP contribution in [0.4, 0.5) is 0 Å². The molecule has 0 amide bonds. The Morgan fingerprint density at radius 1 is 1.21 bits per heavy atom. The second kappa shape index (κ2) is 4.58. The van der Waals surface area contributed by atoms with Crippen LogP contribution in [0.25, 0.3) is 0 Å². The number of hydrogen-bond acceptors (Lipinski definition) is 2. The van der Waals surface area contributed by atoms with Crippen LogP contribution in [0.2, 0.25) is 0 Å². The van der Waals surface area contributed by atoms with Gasteiger partial charge in [0, 0.05) is 6.42 Å². The molecule has 0 spiro atoms. The molecule has 0 saturated carbocycles. The predicted molar refractivity (Wildman–Crippen MR) is 54.9 cm³/mol. The average Bonchev–Trinajstić information content (AvgIpc) is 2.63. The highest BCUT2D eigenvalue weighted by molar-refractivity contribution is 5.14. The number of aryl methyl sites for hydroxylation is 1. The minimum absolute atomic E-state index is 0.255. The van der Waals surface area contributed by atoms with Gasteiger partial charge in [0.25, 0.3) is 0 Å². The van der Waals surface area contributed by atoms with E-state index in [1.165, 1.54) is 5.56 Å². The summed E-state index contributed by atoms with van der Waals surface area (Å²) < 4.78 is 5.34. The Balaban J connectivity index is 1.78. The van der Waals surface area contributed by atoms with Gasteiger partial charge in [-0.2, -0.15) is 0 Å². The Bertz CT molecular complexity index is 271. The van der Waals surface area contributed by atoms with Gasteiger partial charge in [0.2, 0.25) is 0 Å². The van der Waals surface area contributed by atoms with Gasteiger partial charge in [-0.25, -0.2) is 0 Å². The molecular formula is C12H16O2. The molecule has 0 aliphatic carbocycles. The van der Waals surface area contributed by atoms with Crippen LogP contribution in [-0.2, 0) is 11.2 Å². The summed E-state index contributed by atoms with van der Waals surface area (Å²) in [5, 5.41) is 9.17. The number of aliphatic hydroxyl groups is 1. The van der Waals surface area contributed by atoms with Crippen LogP contribution in [0.1, 0.15) is 24.8 Å². The molecule has 1 heterocycles. The first-order valence-corrected chi connectivity index (χ1v) is 5.22. The summed E-state index contributed by atoms with van der Waals surface area (Å²) >= 11 is 0. The minimum Gasteiger partial charge on any atom is -0.368 e. The number of benzene rings is 1. The normalized spacial score (nSPS) is 26.6. The fraction of sp³-hybridized carbons (Fsp3) is 0.500. The highest BCUT2D eigenvalue weighted by Gasteiger charge is 2.22. The van der Waals surface area contributed by atoms with Crippen LogP contribution in [0, 0.1) is 0 Å². The van der Waals surface area contributed by atoms with Crippen molar-refractivity contribution < 1.29 is 9.84 Å². The molecule has 1 fully saturated rings. The molecule has 1 saturated heterocycles. The minimum atomic E-state index is -0.518. The summed E-state index contributed by atoms with van der Waals surface area (Å²) in [7, 11) is 0. The van der Waals surface area contributed by atoms with E-state index in [4.69, 9.17) is 4.74 Å². The van der Waals surface area contributed by atoms with Gasteiger partial charge in [-0.1, -0.05) is 30.3 Å². The van der Waals surface area contributed by atoms with Gasteiger partial charge in [0.15, 0.2) is 6.29 Å². The number of aliphatic hydroxyl groups excluding tert-OH is 1. The molecule has 0 unspecified atom stereocenters. The predicted octanol–water partition coefficient (Wildman–Crippen LogP) is 2.12. The van der Waals surface area contributed by atoms with Gasteiger partial charge in [-0.15, -0.1) is 0 Å². The van der Waals surface area contributed by atoms with Crippen molar-refractivity contribution in [2.24, 2.45) is 0 Å².